The summed E-state index contributed by atoms with van der Waals surface area (Å²) in [6.45, 7) is 0. The molecule has 0 aliphatic carbocycles. The third-order valence-corrected chi connectivity index (χ3v) is 1.54. The van der Waals surface area contributed by atoms with Crippen LogP contribution in [0, 0.1) is 0 Å². The number of nitrogens with two attached hydrogens (primary N) is 1. The van der Waals surface area contributed by atoms with E-state index in [9.17, 15) is 4.79 Å². The number of amides is 1. The Bertz CT molecular complexity index is 284. The highest BCUT2D eigenvalue weighted by atomic mass is 32.1. The highest BCUT2D eigenvalue weighted by Gasteiger charge is 2.05. The zero-order valence-electron chi connectivity index (χ0n) is 5.85. The Morgan fingerprint density at radius 2 is 2.50 bits per heavy atom. The maximum absolute atomic E-state index is 11.0. The van der Waals surface area contributed by atoms with Crippen LogP contribution in [0.5, 0.6) is 0 Å². The fourth-order valence-electron chi connectivity index (χ4n) is 0.504. The van der Waals surface area contributed by atoms with Crippen molar-refractivity contribution in [2.24, 2.45) is 5.73 Å². The molecule has 0 saturated carbocycles. The van der Waals surface area contributed by atoms with E-state index in [0.717, 1.165) is 11.5 Å². The van der Waals surface area contributed by atoms with Gasteiger partial charge in [0.1, 0.15) is 0 Å². The molecule has 12 heavy (non-hydrogen) atoms. The Labute approximate surface area is 77.3 Å². The van der Waals surface area contributed by atoms with Gasteiger partial charge in [0.25, 0.3) is 0 Å². The summed E-state index contributed by atoms with van der Waals surface area (Å²) in [5.41, 5.74) is 5.14. The van der Waals surface area contributed by atoms with E-state index >= 15 is 0 Å². The largest absolute Gasteiger partial charge is 0.393 e. The van der Waals surface area contributed by atoms with E-state index in [1.807, 2.05) is 0 Å². The molecule has 0 radical (unpaired) electrons. The highest BCUT2D eigenvalue weighted by molar-refractivity contribution is 7.80. The number of nitrogens with one attached hydrogen (secondary N) is 1. The maximum atomic E-state index is 11.0. The molecule has 6 nitrogen and oxygen atoms in total. The van der Waals surface area contributed by atoms with Gasteiger partial charge in [-0.15, -0.1) is 0 Å². The van der Waals surface area contributed by atoms with Gasteiger partial charge in [0.15, 0.2) is 0 Å². The van der Waals surface area contributed by atoms with E-state index in [1.165, 1.54) is 0 Å². The van der Waals surface area contributed by atoms with E-state index in [4.69, 9.17) is 5.73 Å². The molecule has 1 heterocycles. The molecule has 0 spiro atoms. The van der Waals surface area contributed by atoms with Crippen molar-refractivity contribution in [2.45, 2.75) is 6.42 Å². The summed E-state index contributed by atoms with van der Waals surface area (Å²) in [4.78, 5) is 11.1. The van der Waals surface area contributed by atoms with Crippen molar-refractivity contribution in [3.63, 3.8) is 0 Å². The predicted molar refractivity (Wildman–Crippen MR) is 47.7 cm³/mol. The maximum Gasteiger partial charge on any atom is 0.233 e. The van der Waals surface area contributed by atoms with Gasteiger partial charge in [0, 0.05) is 11.5 Å². The second-order valence-electron chi connectivity index (χ2n) is 1.86. The highest BCUT2D eigenvalue weighted by Crippen LogP contribution is 2.04. The molecule has 64 valence electrons. The molecule has 1 rings (SSSR count). The zero-order valence-corrected chi connectivity index (χ0v) is 7.48. The Morgan fingerprint density at radius 1 is 1.75 bits per heavy atom. The second-order valence-corrected chi connectivity index (χ2v) is 3.12. The number of rotatable bonds is 3. The lowest BCUT2D eigenvalue weighted by Gasteiger charge is -1.96. The van der Waals surface area contributed by atoms with E-state index in [1.54, 1.807) is 0 Å². The number of thiocarbonyl (C=S) groups is 1. The molecule has 0 fully saturated rings. The molecular weight excluding hydrogens is 198 g/mol. The van der Waals surface area contributed by atoms with Gasteiger partial charge in [-0.3, -0.25) is 10.1 Å². The van der Waals surface area contributed by atoms with Crippen molar-refractivity contribution in [1.29, 1.82) is 0 Å². The van der Waals surface area contributed by atoms with Crippen molar-refractivity contribution in [2.75, 3.05) is 5.32 Å². The minimum atomic E-state index is -0.305. The Hall–Kier alpha value is -1.15. The summed E-state index contributed by atoms with van der Waals surface area (Å²) < 4.78 is 3.46. The van der Waals surface area contributed by atoms with E-state index in [0.29, 0.717) is 5.13 Å². The van der Waals surface area contributed by atoms with Crippen LogP contribution in [-0.2, 0) is 4.79 Å². The van der Waals surface area contributed by atoms with Crippen LogP contribution in [0.15, 0.2) is 0 Å². The van der Waals surface area contributed by atoms with Crippen molar-refractivity contribution in [1.82, 2.24) is 14.8 Å². The number of hydrogen-bond donors (Lipinski definition) is 2. The van der Waals surface area contributed by atoms with Crippen LogP contribution in [0.4, 0.5) is 5.13 Å². The molecule has 1 amide bonds. The van der Waals surface area contributed by atoms with Crippen LogP contribution >= 0.6 is 23.8 Å². The Balaban J connectivity index is 2.42. The minimum absolute atomic E-state index is 0.00884. The van der Waals surface area contributed by atoms with Gasteiger partial charge in [0.2, 0.25) is 11.0 Å². The summed E-state index contributed by atoms with van der Waals surface area (Å²) in [5, 5.41) is 9.57. The first-order valence-corrected chi connectivity index (χ1v) is 4.10. The smallest absolute Gasteiger partial charge is 0.233 e. The van der Waals surface area contributed by atoms with E-state index < -0.39 is 0 Å². The van der Waals surface area contributed by atoms with E-state index in [-0.39, 0.29) is 17.3 Å². The standard InChI is InChI=1S/C4H5N5OS2/c5-2(11)1-3(10)6-4-7-8-9-12-4/h1H2,(H2,5,11)(H,6,7,9,10). The number of carbonyl (C=O) groups is 1. The van der Waals surface area contributed by atoms with Crippen molar-refractivity contribution < 1.29 is 4.79 Å². The van der Waals surface area contributed by atoms with E-state index in [2.05, 4.69) is 32.3 Å². The van der Waals surface area contributed by atoms with Crippen LogP contribution in [0.25, 0.3) is 0 Å². The topological polar surface area (TPSA) is 93.8 Å². The number of aromatic nitrogens is 3. The number of carbonyl (C=O) groups excluding carboxylic acids is 1. The van der Waals surface area contributed by atoms with Gasteiger partial charge in [-0.05, 0) is 5.21 Å². The minimum Gasteiger partial charge on any atom is -0.393 e. The average Bonchev–Trinajstić information content (AvgIpc) is 2.37. The van der Waals surface area contributed by atoms with Crippen molar-refractivity contribution in [3.05, 3.63) is 0 Å². The average molecular weight is 203 g/mol. The molecule has 1 aromatic heterocycles. The van der Waals surface area contributed by atoms with Gasteiger partial charge in [0.05, 0.1) is 11.4 Å². The van der Waals surface area contributed by atoms with Gasteiger partial charge in [-0.1, -0.05) is 21.8 Å². The predicted octanol–water partition coefficient (Wildman–Crippen LogP) is -0.452. The SMILES string of the molecule is NC(=S)CC(=O)Nc1nnns1. The molecule has 1 aromatic rings. The monoisotopic (exact) mass is 203 g/mol. The molecule has 0 saturated heterocycles. The van der Waals surface area contributed by atoms with Gasteiger partial charge < -0.3 is 5.73 Å². The molecule has 0 aliphatic heterocycles. The molecule has 0 aliphatic rings. The summed E-state index contributed by atoms with van der Waals surface area (Å²) in [5.74, 6) is -0.305. The number of hydrogen-bond acceptors (Lipinski definition) is 6. The second kappa shape index (κ2) is 4.02. The third kappa shape index (κ3) is 2.84. The lowest BCUT2D eigenvalue weighted by molar-refractivity contribution is -0.115. The molecule has 3 N–H and O–H groups in total. The third-order valence-electron chi connectivity index (χ3n) is 0.880. The first kappa shape index (κ1) is 8.94. The summed E-state index contributed by atoms with van der Waals surface area (Å²) in [6.07, 6.45) is 0.00884. The first-order chi connectivity index (χ1) is 5.68. The Kier molecular flexibility index (Phi) is 3.00. The summed E-state index contributed by atoms with van der Waals surface area (Å²) >= 11 is 5.53. The van der Waals surface area contributed by atoms with Crippen LogP contribution in [0.1, 0.15) is 6.42 Å². The summed E-state index contributed by atoms with van der Waals surface area (Å²) in [6, 6.07) is 0. The Morgan fingerprint density at radius 3 is 3.00 bits per heavy atom. The van der Waals surface area contributed by atoms with Gasteiger partial charge in [-0.2, -0.15) is 0 Å². The van der Waals surface area contributed by atoms with Crippen molar-refractivity contribution >= 4 is 39.8 Å². The van der Waals surface area contributed by atoms with Crippen molar-refractivity contribution in [3.8, 4) is 0 Å². The number of nitrogens with zero attached hydrogens (tertiary/aromatic N) is 3. The number of anilines is 1. The van der Waals surface area contributed by atoms with Crippen LogP contribution in [0.2, 0.25) is 0 Å². The fraction of sp³-hybridized carbons (Fsp3) is 0.250. The molecule has 0 aromatic carbocycles. The lowest BCUT2D eigenvalue weighted by atomic mass is 10.4. The molecular formula is C4H5N5OS2. The van der Waals surface area contributed by atoms with Crippen LogP contribution < -0.4 is 11.1 Å². The first-order valence-electron chi connectivity index (χ1n) is 2.91. The fourth-order valence-corrected chi connectivity index (χ4v) is 1.02. The quantitative estimate of drug-likeness (QED) is 0.646. The zero-order chi connectivity index (χ0) is 8.97. The van der Waals surface area contributed by atoms with Gasteiger partial charge in [-0.25, -0.2) is 0 Å². The molecule has 8 heteroatoms. The summed E-state index contributed by atoms with van der Waals surface area (Å²) in [7, 11) is 0. The molecule has 0 bridgehead atoms. The molecule has 0 atom stereocenters. The van der Waals surface area contributed by atoms with Crippen LogP contribution in [-0.4, -0.2) is 25.7 Å². The van der Waals surface area contributed by atoms with Crippen LogP contribution in [0.3, 0.4) is 0 Å². The lowest BCUT2D eigenvalue weighted by Crippen LogP contribution is -2.19. The normalized spacial score (nSPS) is 9.33. The van der Waals surface area contributed by atoms with Gasteiger partial charge >= 0.3 is 0 Å². The molecule has 0 unspecified atom stereocenters.